The first-order chi connectivity index (χ1) is 9.24. The van der Waals surface area contributed by atoms with Crippen LogP contribution in [-0.4, -0.2) is 48.7 Å². The summed E-state index contributed by atoms with van der Waals surface area (Å²) in [7, 11) is 0. The predicted octanol–water partition coefficient (Wildman–Crippen LogP) is 1.93. The molecule has 0 aromatic rings. The van der Waals surface area contributed by atoms with Gasteiger partial charge in [0.15, 0.2) is 0 Å². The van der Waals surface area contributed by atoms with Crippen LogP contribution in [0.3, 0.4) is 0 Å². The topological polar surface area (TPSA) is 41.6 Å². The first-order valence-electron chi connectivity index (χ1n) is 7.91. The number of nitrogens with one attached hydrogen (secondary N) is 1. The first kappa shape index (κ1) is 14.8. The molecular formula is C15H28N2O2. The Labute approximate surface area is 116 Å². The zero-order valence-corrected chi connectivity index (χ0v) is 12.4. The van der Waals surface area contributed by atoms with Gasteiger partial charge in [0.2, 0.25) is 0 Å². The number of ether oxygens (including phenoxy) is 1. The lowest BCUT2D eigenvalue weighted by Crippen LogP contribution is -2.51. The van der Waals surface area contributed by atoms with Crippen molar-refractivity contribution in [2.45, 2.75) is 70.5 Å². The van der Waals surface area contributed by atoms with Gasteiger partial charge in [0.05, 0.1) is 6.61 Å². The van der Waals surface area contributed by atoms with E-state index >= 15 is 0 Å². The third-order valence-corrected chi connectivity index (χ3v) is 4.41. The van der Waals surface area contributed by atoms with Gasteiger partial charge < -0.3 is 15.0 Å². The molecule has 2 aliphatic rings. The molecule has 4 heteroatoms. The van der Waals surface area contributed by atoms with Gasteiger partial charge in [-0.15, -0.1) is 0 Å². The molecule has 0 aromatic heterocycles. The quantitative estimate of drug-likeness (QED) is 0.748. The Morgan fingerprint density at radius 2 is 2.21 bits per heavy atom. The van der Waals surface area contributed by atoms with Crippen molar-refractivity contribution < 1.29 is 9.53 Å². The Kier molecular flexibility index (Phi) is 5.64. The summed E-state index contributed by atoms with van der Waals surface area (Å²) >= 11 is 0. The highest BCUT2D eigenvalue weighted by molar-refractivity contribution is 5.75. The number of rotatable bonds is 6. The Bertz CT molecular complexity index is 296. The lowest BCUT2D eigenvalue weighted by Gasteiger charge is -2.36. The second kappa shape index (κ2) is 7.25. The fraction of sp³-hybridized carbons (Fsp3) is 0.933. The fourth-order valence-corrected chi connectivity index (χ4v) is 3.46. The van der Waals surface area contributed by atoms with Crippen LogP contribution in [-0.2, 0) is 9.53 Å². The van der Waals surface area contributed by atoms with Gasteiger partial charge in [-0.25, -0.2) is 0 Å². The van der Waals surface area contributed by atoms with Gasteiger partial charge in [0, 0.05) is 12.1 Å². The number of carbonyl (C=O) groups is 1. The molecular weight excluding hydrogens is 240 g/mol. The van der Waals surface area contributed by atoms with E-state index < -0.39 is 0 Å². The number of hydrogen-bond donors (Lipinski definition) is 1. The average Bonchev–Trinajstić information content (AvgIpc) is 2.86. The van der Waals surface area contributed by atoms with E-state index in [0.717, 1.165) is 25.3 Å². The molecule has 1 N–H and O–H groups in total. The molecule has 0 bridgehead atoms. The molecule has 2 saturated heterocycles. The van der Waals surface area contributed by atoms with Crippen LogP contribution >= 0.6 is 0 Å². The number of piperidine rings is 1. The molecule has 2 heterocycles. The summed E-state index contributed by atoms with van der Waals surface area (Å²) in [5.41, 5.74) is 0. The summed E-state index contributed by atoms with van der Waals surface area (Å²) in [6.45, 7) is 6.92. The summed E-state index contributed by atoms with van der Waals surface area (Å²) in [5.74, 6) is -0.0711. The molecule has 19 heavy (non-hydrogen) atoms. The maximum absolute atomic E-state index is 11.9. The van der Waals surface area contributed by atoms with Crippen molar-refractivity contribution in [1.82, 2.24) is 10.2 Å². The third kappa shape index (κ3) is 3.93. The predicted molar refractivity (Wildman–Crippen MR) is 76.1 cm³/mol. The monoisotopic (exact) mass is 268 g/mol. The SMILES string of the molecule is CCCC(NC1CCN2CCCC2C1)C(=O)OCC. The van der Waals surface area contributed by atoms with Crippen molar-refractivity contribution in [3.63, 3.8) is 0 Å². The molecule has 2 fully saturated rings. The van der Waals surface area contributed by atoms with E-state index in [1.165, 1.54) is 32.4 Å². The minimum absolute atomic E-state index is 0.0711. The molecule has 0 aromatic carbocycles. The van der Waals surface area contributed by atoms with E-state index in [2.05, 4.69) is 17.1 Å². The van der Waals surface area contributed by atoms with Crippen molar-refractivity contribution in [2.24, 2.45) is 0 Å². The fourth-order valence-electron chi connectivity index (χ4n) is 3.46. The molecule has 4 nitrogen and oxygen atoms in total. The van der Waals surface area contributed by atoms with Crippen LogP contribution in [0.2, 0.25) is 0 Å². The van der Waals surface area contributed by atoms with Crippen LogP contribution in [0.15, 0.2) is 0 Å². The van der Waals surface area contributed by atoms with Gasteiger partial charge in [-0.05, 0) is 52.1 Å². The van der Waals surface area contributed by atoms with E-state index in [9.17, 15) is 4.79 Å². The van der Waals surface area contributed by atoms with Crippen molar-refractivity contribution in [3.05, 3.63) is 0 Å². The summed E-state index contributed by atoms with van der Waals surface area (Å²) in [5, 5.41) is 3.55. The largest absolute Gasteiger partial charge is 0.465 e. The smallest absolute Gasteiger partial charge is 0.323 e. The minimum atomic E-state index is -0.108. The highest BCUT2D eigenvalue weighted by Crippen LogP contribution is 2.27. The lowest BCUT2D eigenvalue weighted by atomic mass is 9.96. The maximum Gasteiger partial charge on any atom is 0.323 e. The van der Waals surface area contributed by atoms with Crippen molar-refractivity contribution in [3.8, 4) is 0 Å². The van der Waals surface area contributed by atoms with Crippen LogP contribution in [0.4, 0.5) is 0 Å². The molecule has 2 rings (SSSR count). The van der Waals surface area contributed by atoms with E-state index in [1.807, 2.05) is 6.92 Å². The van der Waals surface area contributed by atoms with Crippen molar-refractivity contribution in [1.29, 1.82) is 0 Å². The normalized spacial score (nSPS) is 28.9. The van der Waals surface area contributed by atoms with E-state index in [-0.39, 0.29) is 12.0 Å². The van der Waals surface area contributed by atoms with Crippen molar-refractivity contribution in [2.75, 3.05) is 19.7 Å². The number of esters is 1. The third-order valence-electron chi connectivity index (χ3n) is 4.41. The summed E-state index contributed by atoms with van der Waals surface area (Å²) in [4.78, 5) is 14.5. The summed E-state index contributed by atoms with van der Waals surface area (Å²) in [6.07, 6.45) is 6.92. The molecule has 3 atom stereocenters. The number of nitrogens with zero attached hydrogens (tertiary/aromatic N) is 1. The Balaban J connectivity index is 1.84. The van der Waals surface area contributed by atoms with E-state index in [0.29, 0.717) is 12.6 Å². The van der Waals surface area contributed by atoms with Gasteiger partial charge in [0.25, 0.3) is 0 Å². The number of fused-ring (bicyclic) bond motifs is 1. The van der Waals surface area contributed by atoms with Gasteiger partial charge in [0.1, 0.15) is 6.04 Å². The van der Waals surface area contributed by atoms with Gasteiger partial charge in [-0.2, -0.15) is 0 Å². The highest BCUT2D eigenvalue weighted by Gasteiger charge is 2.33. The highest BCUT2D eigenvalue weighted by atomic mass is 16.5. The van der Waals surface area contributed by atoms with Crippen LogP contribution in [0.25, 0.3) is 0 Å². The molecule has 0 amide bonds. The Morgan fingerprint density at radius 3 is 2.95 bits per heavy atom. The maximum atomic E-state index is 11.9. The van der Waals surface area contributed by atoms with E-state index in [4.69, 9.17) is 4.74 Å². The second-order valence-electron chi connectivity index (χ2n) is 5.81. The van der Waals surface area contributed by atoms with Crippen LogP contribution in [0.1, 0.15) is 52.4 Å². The number of hydrogen-bond acceptors (Lipinski definition) is 4. The lowest BCUT2D eigenvalue weighted by molar-refractivity contribution is -0.146. The average molecular weight is 268 g/mol. The Hall–Kier alpha value is -0.610. The van der Waals surface area contributed by atoms with Crippen LogP contribution in [0.5, 0.6) is 0 Å². The van der Waals surface area contributed by atoms with Gasteiger partial charge >= 0.3 is 5.97 Å². The van der Waals surface area contributed by atoms with Crippen LogP contribution in [0, 0.1) is 0 Å². The van der Waals surface area contributed by atoms with Crippen LogP contribution < -0.4 is 5.32 Å². The molecule has 2 aliphatic heterocycles. The molecule has 0 aliphatic carbocycles. The molecule has 0 spiro atoms. The minimum Gasteiger partial charge on any atom is -0.465 e. The zero-order chi connectivity index (χ0) is 13.7. The molecule has 110 valence electrons. The molecule has 0 saturated carbocycles. The van der Waals surface area contributed by atoms with E-state index in [1.54, 1.807) is 0 Å². The van der Waals surface area contributed by atoms with Gasteiger partial charge in [-0.3, -0.25) is 4.79 Å². The number of carbonyl (C=O) groups excluding carboxylic acids is 1. The first-order valence-corrected chi connectivity index (χ1v) is 7.91. The summed E-state index contributed by atoms with van der Waals surface area (Å²) in [6, 6.07) is 1.12. The zero-order valence-electron chi connectivity index (χ0n) is 12.4. The summed E-state index contributed by atoms with van der Waals surface area (Å²) < 4.78 is 5.17. The molecule has 3 unspecified atom stereocenters. The van der Waals surface area contributed by atoms with Gasteiger partial charge in [-0.1, -0.05) is 13.3 Å². The standard InChI is InChI=1S/C15H28N2O2/c1-3-6-14(15(18)19-4-2)16-12-8-10-17-9-5-7-13(17)11-12/h12-14,16H,3-11H2,1-2H3. The molecule has 0 radical (unpaired) electrons. The second-order valence-corrected chi connectivity index (χ2v) is 5.81. The Morgan fingerprint density at radius 1 is 1.37 bits per heavy atom. The van der Waals surface area contributed by atoms with Crippen molar-refractivity contribution >= 4 is 5.97 Å².